The molecule has 0 heterocycles. The third kappa shape index (κ3) is 5.18. The van der Waals surface area contributed by atoms with E-state index in [9.17, 15) is 9.50 Å². The Hall–Kier alpha value is -1.60. The van der Waals surface area contributed by atoms with Gasteiger partial charge >= 0.3 is 0 Å². The highest BCUT2D eigenvalue weighted by Crippen LogP contribution is 2.27. The lowest BCUT2D eigenvalue weighted by Gasteiger charge is -2.16. The molecule has 1 aromatic rings. The van der Waals surface area contributed by atoms with Gasteiger partial charge in [0.25, 0.3) is 0 Å². The fourth-order valence-electron chi connectivity index (χ4n) is 1.89. The van der Waals surface area contributed by atoms with Gasteiger partial charge in [0.15, 0.2) is 0 Å². The van der Waals surface area contributed by atoms with E-state index in [1.807, 2.05) is 13.8 Å². The number of hydrogen-bond acceptors (Lipinski definition) is 3. The molecule has 0 saturated carbocycles. The molecule has 0 spiro atoms. The summed E-state index contributed by atoms with van der Waals surface area (Å²) in [5, 5.41) is 18.5. The number of unbranched alkanes of at least 4 members (excludes halogenated alkanes) is 1. The van der Waals surface area contributed by atoms with Crippen molar-refractivity contribution in [2.45, 2.75) is 46.1 Å². The molecule has 0 aliphatic heterocycles. The lowest BCUT2D eigenvalue weighted by atomic mass is 9.89. The Morgan fingerprint density at radius 1 is 1.40 bits per heavy atom. The molecule has 0 radical (unpaired) electrons. The van der Waals surface area contributed by atoms with Gasteiger partial charge < -0.3 is 9.84 Å². The number of hydrogen-bond donors (Lipinski definition) is 1. The Labute approximate surface area is 120 Å². The summed E-state index contributed by atoms with van der Waals surface area (Å²) in [5.41, 5.74) is 0.271. The number of nitriles is 1. The molecule has 0 aromatic heterocycles. The van der Waals surface area contributed by atoms with Gasteiger partial charge in [-0.1, -0.05) is 0 Å². The summed E-state index contributed by atoms with van der Waals surface area (Å²) in [6, 6.07) is 6.40. The van der Waals surface area contributed by atoms with E-state index < -0.39 is 6.10 Å². The van der Waals surface area contributed by atoms with Crippen LogP contribution >= 0.6 is 0 Å². The van der Waals surface area contributed by atoms with E-state index in [4.69, 9.17) is 10.00 Å². The zero-order valence-electron chi connectivity index (χ0n) is 12.3. The van der Waals surface area contributed by atoms with Crippen LogP contribution in [0.4, 0.5) is 4.39 Å². The van der Waals surface area contributed by atoms with Crippen molar-refractivity contribution in [2.75, 3.05) is 6.61 Å². The second kappa shape index (κ2) is 7.25. The van der Waals surface area contributed by atoms with Crippen molar-refractivity contribution in [3.8, 4) is 11.8 Å². The maximum atomic E-state index is 13.2. The molecule has 4 heteroatoms. The van der Waals surface area contributed by atoms with Crippen LogP contribution in [-0.4, -0.2) is 11.7 Å². The van der Waals surface area contributed by atoms with Gasteiger partial charge in [-0.25, -0.2) is 4.39 Å². The third-order valence-corrected chi connectivity index (χ3v) is 3.18. The summed E-state index contributed by atoms with van der Waals surface area (Å²) in [6.45, 7) is 5.89. The minimum atomic E-state index is -0.692. The van der Waals surface area contributed by atoms with Crippen LogP contribution in [0.1, 0.15) is 51.7 Å². The first-order valence-corrected chi connectivity index (χ1v) is 6.87. The summed E-state index contributed by atoms with van der Waals surface area (Å²) in [6.07, 6.45) is 1.78. The summed E-state index contributed by atoms with van der Waals surface area (Å²) in [5.74, 6) is 0.00885. The van der Waals surface area contributed by atoms with Crippen LogP contribution in [0.15, 0.2) is 18.2 Å². The number of benzene rings is 1. The Kier molecular flexibility index (Phi) is 5.97. The average molecular weight is 279 g/mol. The van der Waals surface area contributed by atoms with Crippen LogP contribution in [0.25, 0.3) is 0 Å². The predicted octanol–water partition coefficient (Wildman–Crippen LogP) is 3.98. The lowest BCUT2D eigenvalue weighted by Crippen LogP contribution is -2.09. The summed E-state index contributed by atoms with van der Waals surface area (Å²) in [4.78, 5) is 0. The number of aliphatic hydroxyl groups is 1. The monoisotopic (exact) mass is 279 g/mol. The van der Waals surface area contributed by atoms with E-state index in [2.05, 4.69) is 6.07 Å². The second-order valence-electron chi connectivity index (χ2n) is 5.66. The van der Waals surface area contributed by atoms with Crippen LogP contribution in [0.2, 0.25) is 0 Å². The van der Waals surface area contributed by atoms with Crippen LogP contribution < -0.4 is 4.74 Å². The highest BCUT2D eigenvalue weighted by atomic mass is 19.1. The molecule has 3 nitrogen and oxygen atoms in total. The van der Waals surface area contributed by atoms with Gasteiger partial charge in [-0.15, -0.1) is 0 Å². The smallest absolute Gasteiger partial charge is 0.127 e. The molecular weight excluding hydrogens is 257 g/mol. The minimum absolute atomic E-state index is 0.316. The fourth-order valence-corrected chi connectivity index (χ4v) is 1.89. The van der Waals surface area contributed by atoms with Crippen molar-refractivity contribution in [1.29, 1.82) is 5.26 Å². The molecule has 0 fully saturated rings. The van der Waals surface area contributed by atoms with Crippen molar-refractivity contribution in [3.05, 3.63) is 29.6 Å². The molecule has 0 aliphatic rings. The quantitative estimate of drug-likeness (QED) is 0.768. The van der Waals surface area contributed by atoms with E-state index in [0.717, 1.165) is 19.3 Å². The number of nitrogens with zero attached hydrogens (tertiary/aromatic N) is 1. The van der Waals surface area contributed by atoms with Crippen molar-refractivity contribution >= 4 is 0 Å². The largest absolute Gasteiger partial charge is 0.493 e. The topological polar surface area (TPSA) is 53.2 Å². The van der Waals surface area contributed by atoms with Crippen LogP contribution in [0.3, 0.4) is 0 Å². The number of rotatable bonds is 7. The van der Waals surface area contributed by atoms with E-state index in [1.165, 1.54) is 18.2 Å². The van der Waals surface area contributed by atoms with Gasteiger partial charge in [-0.3, -0.25) is 0 Å². The first-order chi connectivity index (χ1) is 9.35. The zero-order valence-corrected chi connectivity index (χ0v) is 12.3. The van der Waals surface area contributed by atoms with Gasteiger partial charge in [0, 0.05) is 11.6 Å². The average Bonchev–Trinajstić information content (AvgIpc) is 2.38. The van der Waals surface area contributed by atoms with Crippen molar-refractivity contribution < 1.29 is 14.2 Å². The van der Waals surface area contributed by atoms with E-state index >= 15 is 0 Å². The summed E-state index contributed by atoms with van der Waals surface area (Å²) in [7, 11) is 0. The Morgan fingerprint density at radius 2 is 2.10 bits per heavy atom. The molecule has 1 rings (SSSR count). The fraction of sp³-hybridized carbons (Fsp3) is 0.562. The highest BCUT2D eigenvalue weighted by Gasteiger charge is 2.15. The van der Waals surface area contributed by atoms with Gasteiger partial charge in [0.1, 0.15) is 11.6 Å². The predicted molar refractivity (Wildman–Crippen MR) is 75.8 cm³/mol. The molecule has 0 aliphatic carbocycles. The molecule has 1 aromatic carbocycles. The molecule has 0 unspecified atom stereocenters. The Balaban J connectivity index is 2.46. The number of ether oxygens (including phenoxy) is 1. The SMILES string of the molecule is C[C@@H](O)c1ccc(F)cc1OCCCCC(C)(C)C#N. The van der Waals surface area contributed by atoms with Crippen LogP contribution in [0, 0.1) is 22.6 Å². The lowest BCUT2D eigenvalue weighted by molar-refractivity contribution is 0.190. The van der Waals surface area contributed by atoms with Crippen LogP contribution in [0.5, 0.6) is 5.75 Å². The number of aliphatic hydroxyl groups excluding tert-OH is 1. The van der Waals surface area contributed by atoms with Gasteiger partial charge in [0.05, 0.1) is 24.2 Å². The molecule has 0 amide bonds. The molecule has 20 heavy (non-hydrogen) atoms. The zero-order chi connectivity index (χ0) is 15.2. The first-order valence-electron chi connectivity index (χ1n) is 6.87. The van der Waals surface area contributed by atoms with Crippen molar-refractivity contribution in [2.24, 2.45) is 5.41 Å². The van der Waals surface area contributed by atoms with E-state index in [0.29, 0.717) is 17.9 Å². The highest BCUT2D eigenvalue weighted by molar-refractivity contribution is 5.35. The van der Waals surface area contributed by atoms with Gasteiger partial charge in [-0.2, -0.15) is 5.26 Å². The first kappa shape index (κ1) is 16.5. The summed E-state index contributed by atoms with van der Waals surface area (Å²) < 4.78 is 18.7. The maximum Gasteiger partial charge on any atom is 0.127 e. The van der Waals surface area contributed by atoms with Crippen molar-refractivity contribution in [1.82, 2.24) is 0 Å². The number of halogens is 1. The Morgan fingerprint density at radius 3 is 2.70 bits per heavy atom. The maximum absolute atomic E-state index is 13.2. The van der Waals surface area contributed by atoms with E-state index in [-0.39, 0.29) is 11.2 Å². The molecular formula is C16H22FNO2. The van der Waals surface area contributed by atoms with E-state index in [1.54, 1.807) is 6.92 Å². The Bertz CT molecular complexity index is 478. The van der Waals surface area contributed by atoms with Crippen LogP contribution in [-0.2, 0) is 0 Å². The third-order valence-electron chi connectivity index (χ3n) is 3.18. The standard InChI is InChI=1S/C16H22FNO2/c1-12(19)14-7-6-13(17)10-15(14)20-9-5-4-8-16(2,3)11-18/h6-7,10,12,19H,4-5,8-9H2,1-3H3/t12-/m1/s1. The van der Waals surface area contributed by atoms with Gasteiger partial charge in [0.2, 0.25) is 0 Å². The molecule has 0 saturated heterocycles. The normalized spacial score (nSPS) is 12.8. The molecule has 1 atom stereocenters. The van der Waals surface area contributed by atoms with Crippen molar-refractivity contribution in [3.63, 3.8) is 0 Å². The molecule has 1 N–H and O–H groups in total. The summed E-state index contributed by atoms with van der Waals surface area (Å²) >= 11 is 0. The van der Waals surface area contributed by atoms with Gasteiger partial charge in [-0.05, 0) is 52.2 Å². The second-order valence-corrected chi connectivity index (χ2v) is 5.66. The molecule has 110 valence electrons. The minimum Gasteiger partial charge on any atom is -0.493 e. The molecule has 0 bridgehead atoms.